The maximum Gasteiger partial charge on any atom is 0.0746 e. The van der Waals surface area contributed by atoms with E-state index >= 15 is 0 Å². The van der Waals surface area contributed by atoms with Crippen molar-refractivity contribution in [2.75, 3.05) is 4.90 Å². The molecule has 0 amide bonds. The number of fused-ring (bicyclic) bond motifs is 16. The minimum absolute atomic E-state index is 0.543. The summed E-state index contributed by atoms with van der Waals surface area (Å²) in [6.07, 6.45) is 0. The average Bonchev–Trinajstić information content (AvgIpc) is 3.84. The molecule has 13 aromatic carbocycles. The lowest BCUT2D eigenvalue weighted by atomic mass is 9.70. The molecule has 0 fully saturated rings. The van der Waals surface area contributed by atoms with E-state index in [-0.39, 0.29) is 0 Å². The second-order valence-corrected chi connectivity index (χ2v) is 21.9. The number of nitrogens with zero attached hydrogens (tertiary/aromatic N) is 3. The van der Waals surface area contributed by atoms with Crippen molar-refractivity contribution in [3.8, 4) is 67.0 Å². The van der Waals surface area contributed by atoms with Crippen molar-refractivity contribution in [2.24, 2.45) is 0 Å². The van der Waals surface area contributed by atoms with Gasteiger partial charge in [0.15, 0.2) is 0 Å². The lowest BCUT2D eigenvalue weighted by Crippen LogP contribution is -2.28. The van der Waals surface area contributed by atoms with Crippen LogP contribution >= 0.6 is 0 Å². The zero-order chi connectivity index (χ0) is 53.9. The van der Waals surface area contributed by atoms with Gasteiger partial charge >= 0.3 is 0 Å². The van der Waals surface area contributed by atoms with Gasteiger partial charge in [-0.1, -0.05) is 224 Å². The normalized spacial score (nSPS) is 12.7. The molecule has 382 valence electrons. The SMILES string of the molecule is c1ccc(-c2ccc3c(c2)c2ccccc2n3-c2ccc(-c3ccc(N(c4ccc(-c5cccc6c5c5ccccc5n6-c5ccccc5)cc4)c4cccc5c4C4(c6ccccc6-c6ccccc64)c4ccccc4-5)cc3)cc2)cc1. The minimum atomic E-state index is -0.543. The van der Waals surface area contributed by atoms with Gasteiger partial charge in [-0.05, 0) is 157 Å². The first kappa shape index (κ1) is 46.2. The smallest absolute Gasteiger partial charge is 0.0746 e. The van der Waals surface area contributed by atoms with E-state index in [1.165, 1.54) is 110 Å². The van der Waals surface area contributed by atoms with Gasteiger partial charge in [-0.15, -0.1) is 0 Å². The summed E-state index contributed by atoms with van der Waals surface area (Å²) in [5.74, 6) is 0. The molecule has 3 heteroatoms. The van der Waals surface area contributed by atoms with Crippen LogP contribution in [0, 0.1) is 0 Å². The number of hydrogen-bond acceptors (Lipinski definition) is 1. The summed E-state index contributed by atoms with van der Waals surface area (Å²) in [6.45, 7) is 0. The summed E-state index contributed by atoms with van der Waals surface area (Å²) in [6, 6.07) is 115. The first-order valence-corrected chi connectivity index (χ1v) is 28.4. The van der Waals surface area contributed by atoms with Crippen LogP contribution < -0.4 is 4.90 Å². The summed E-state index contributed by atoms with van der Waals surface area (Å²) in [7, 11) is 0. The van der Waals surface area contributed by atoms with Crippen molar-refractivity contribution < 1.29 is 0 Å². The standard InChI is InChI=1S/C79H51N3/c1-3-19-52(20-4-1)56-43-50-74-68(51-56)65-26-10-15-33-72(65)81(74)60-46-39-54(40-47-60)53-37-44-58(45-38-53)80(59-48-41-55(42-49-59)61-28-17-35-75-77(61)67-27-11-16-34-73(67)82(75)57-21-5-2-6-22-57)76-36-18-29-66-64-25-9-14-32-71(64)79(78(66)76)69-30-12-7-23-62(69)63-24-8-13-31-70(63)79/h1-51H. The Bertz CT molecular complexity index is 4940. The molecule has 0 saturated heterocycles. The summed E-state index contributed by atoms with van der Waals surface area (Å²) < 4.78 is 4.81. The van der Waals surface area contributed by atoms with Crippen molar-refractivity contribution in [1.82, 2.24) is 9.13 Å². The van der Waals surface area contributed by atoms with Crippen molar-refractivity contribution in [2.45, 2.75) is 5.41 Å². The highest BCUT2D eigenvalue weighted by atomic mass is 15.1. The van der Waals surface area contributed by atoms with E-state index in [0.717, 1.165) is 39.6 Å². The zero-order valence-corrected chi connectivity index (χ0v) is 44.8. The molecule has 0 unspecified atom stereocenters. The van der Waals surface area contributed by atoms with E-state index in [4.69, 9.17) is 0 Å². The Morgan fingerprint density at radius 1 is 0.256 bits per heavy atom. The fourth-order valence-corrected chi connectivity index (χ4v) is 14.3. The molecule has 0 bridgehead atoms. The maximum absolute atomic E-state index is 2.51. The van der Waals surface area contributed by atoms with Gasteiger partial charge in [-0.2, -0.15) is 0 Å². The lowest BCUT2D eigenvalue weighted by molar-refractivity contribution is 0.793. The third kappa shape index (κ3) is 6.71. The van der Waals surface area contributed by atoms with Gasteiger partial charge in [-0.25, -0.2) is 0 Å². The van der Waals surface area contributed by atoms with Crippen molar-refractivity contribution in [3.05, 3.63) is 332 Å². The monoisotopic (exact) mass is 1040 g/mol. The molecule has 2 aliphatic rings. The molecule has 2 aliphatic carbocycles. The third-order valence-corrected chi connectivity index (χ3v) is 17.7. The lowest BCUT2D eigenvalue weighted by Gasteiger charge is -2.36. The van der Waals surface area contributed by atoms with E-state index in [0.29, 0.717) is 0 Å². The topological polar surface area (TPSA) is 13.1 Å². The van der Waals surface area contributed by atoms with Gasteiger partial charge in [0, 0.05) is 49.9 Å². The average molecular weight is 1040 g/mol. The minimum Gasteiger partial charge on any atom is -0.310 e. The fraction of sp³-hybridized carbons (Fsp3) is 0.0127. The number of benzene rings is 13. The number of rotatable bonds is 8. The van der Waals surface area contributed by atoms with Crippen molar-refractivity contribution in [1.29, 1.82) is 0 Å². The molecule has 2 heterocycles. The molecule has 0 saturated carbocycles. The van der Waals surface area contributed by atoms with Crippen LogP contribution in [0.15, 0.2) is 309 Å². The largest absolute Gasteiger partial charge is 0.310 e. The van der Waals surface area contributed by atoms with E-state index in [1.807, 2.05) is 0 Å². The highest BCUT2D eigenvalue weighted by Gasteiger charge is 2.53. The second-order valence-electron chi connectivity index (χ2n) is 21.9. The van der Waals surface area contributed by atoms with E-state index < -0.39 is 5.41 Å². The Hall–Kier alpha value is -10.7. The third-order valence-electron chi connectivity index (χ3n) is 17.7. The Labute approximate surface area is 476 Å². The van der Waals surface area contributed by atoms with Crippen LogP contribution in [0.3, 0.4) is 0 Å². The van der Waals surface area contributed by atoms with E-state index in [1.54, 1.807) is 0 Å². The van der Waals surface area contributed by atoms with Crippen LogP contribution in [0.2, 0.25) is 0 Å². The van der Waals surface area contributed by atoms with Crippen LogP contribution in [0.4, 0.5) is 17.1 Å². The van der Waals surface area contributed by atoms with Gasteiger partial charge in [0.2, 0.25) is 0 Å². The number of hydrogen-bond donors (Lipinski definition) is 0. The molecular weight excluding hydrogens is 991 g/mol. The first-order valence-electron chi connectivity index (χ1n) is 28.4. The number of para-hydroxylation sites is 3. The van der Waals surface area contributed by atoms with Gasteiger partial charge in [0.25, 0.3) is 0 Å². The molecule has 1 spiro atoms. The Balaban J connectivity index is 0.813. The molecule has 0 atom stereocenters. The molecule has 0 radical (unpaired) electrons. The predicted octanol–water partition coefficient (Wildman–Crippen LogP) is 20.7. The molecule has 3 nitrogen and oxygen atoms in total. The summed E-state index contributed by atoms with van der Waals surface area (Å²) >= 11 is 0. The summed E-state index contributed by atoms with van der Waals surface area (Å²) in [5, 5.41) is 4.99. The molecule has 15 aromatic rings. The molecule has 17 rings (SSSR count). The molecule has 2 aromatic heterocycles. The first-order chi connectivity index (χ1) is 40.7. The maximum atomic E-state index is 2.51. The summed E-state index contributed by atoms with van der Waals surface area (Å²) in [5.41, 5.74) is 27.4. The molecular formula is C79H51N3. The van der Waals surface area contributed by atoms with Crippen LogP contribution in [0.5, 0.6) is 0 Å². The highest BCUT2D eigenvalue weighted by molar-refractivity contribution is 6.16. The Morgan fingerprint density at radius 3 is 1.34 bits per heavy atom. The Kier molecular flexibility index (Phi) is 10.2. The van der Waals surface area contributed by atoms with E-state index in [2.05, 4.69) is 323 Å². The van der Waals surface area contributed by atoms with Crippen LogP contribution in [0.1, 0.15) is 22.3 Å². The van der Waals surface area contributed by atoms with Crippen LogP contribution in [-0.2, 0) is 5.41 Å². The van der Waals surface area contributed by atoms with Crippen LogP contribution in [-0.4, -0.2) is 9.13 Å². The fourth-order valence-electron chi connectivity index (χ4n) is 14.3. The van der Waals surface area contributed by atoms with E-state index in [9.17, 15) is 0 Å². The molecule has 82 heavy (non-hydrogen) atoms. The number of anilines is 3. The van der Waals surface area contributed by atoms with Gasteiger partial charge in [0.1, 0.15) is 0 Å². The predicted molar refractivity (Wildman–Crippen MR) is 342 cm³/mol. The van der Waals surface area contributed by atoms with Crippen LogP contribution in [0.25, 0.3) is 111 Å². The highest BCUT2D eigenvalue weighted by Crippen LogP contribution is 2.65. The quantitative estimate of drug-likeness (QED) is 0.148. The van der Waals surface area contributed by atoms with Crippen molar-refractivity contribution >= 4 is 60.7 Å². The zero-order valence-electron chi connectivity index (χ0n) is 44.8. The molecule has 0 N–H and O–H groups in total. The second kappa shape index (κ2) is 18.2. The van der Waals surface area contributed by atoms with Crippen molar-refractivity contribution in [3.63, 3.8) is 0 Å². The molecule has 0 aliphatic heterocycles. The summed E-state index contributed by atoms with van der Waals surface area (Å²) in [4.78, 5) is 2.51. The van der Waals surface area contributed by atoms with Gasteiger partial charge in [-0.3, -0.25) is 0 Å². The number of aromatic nitrogens is 2. The van der Waals surface area contributed by atoms with Gasteiger partial charge < -0.3 is 14.0 Å². The Morgan fingerprint density at radius 2 is 0.683 bits per heavy atom. The van der Waals surface area contributed by atoms with Gasteiger partial charge in [0.05, 0.1) is 33.2 Å².